The molecule has 1 aliphatic heterocycles. The lowest BCUT2D eigenvalue weighted by molar-refractivity contribution is 0.306. The van der Waals surface area contributed by atoms with Gasteiger partial charge >= 0.3 is 0 Å². The highest BCUT2D eigenvalue weighted by molar-refractivity contribution is 8.14. The number of nitrogens with one attached hydrogen (secondary N) is 1. The molecule has 0 saturated heterocycles. The van der Waals surface area contributed by atoms with Gasteiger partial charge in [0.05, 0.1) is 6.54 Å². The zero-order valence-corrected chi connectivity index (χ0v) is 11.4. The van der Waals surface area contributed by atoms with E-state index in [4.69, 9.17) is 0 Å². The summed E-state index contributed by atoms with van der Waals surface area (Å²) >= 11 is 1.95. The molecule has 16 heavy (non-hydrogen) atoms. The molecule has 0 aromatic heterocycles. The molecular formula is C13H24N2S. The van der Waals surface area contributed by atoms with Gasteiger partial charge in [0.2, 0.25) is 0 Å². The van der Waals surface area contributed by atoms with E-state index in [9.17, 15) is 0 Å². The molecule has 0 radical (unpaired) electrons. The van der Waals surface area contributed by atoms with E-state index in [2.05, 4.69) is 24.2 Å². The van der Waals surface area contributed by atoms with Gasteiger partial charge in [-0.25, -0.2) is 0 Å². The molecule has 1 heterocycles. The molecule has 2 nitrogen and oxygen atoms in total. The Hall–Kier alpha value is -0.180. The molecule has 1 saturated carbocycles. The molecule has 92 valence electrons. The van der Waals surface area contributed by atoms with Crippen molar-refractivity contribution < 1.29 is 0 Å². The third-order valence-electron chi connectivity index (χ3n) is 3.92. The largest absolute Gasteiger partial charge is 0.362 e. The monoisotopic (exact) mass is 240 g/mol. The maximum absolute atomic E-state index is 4.59. The van der Waals surface area contributed by atoms with Crippen LogP contribution in [0.4, 0.5) is 0 Å². The number of hydrogen-bond acceptors (Lipinski definition) is 3. The average molecular weight is 240 g/mol. The standard InChI is InChI=1S/C13H24N2S/c1-3-10-5-7-11(8-6-10)15-13-14-9-12(4-2)16-13/h10-12H,3-9H2,1-2H3,(H,14,15). The summed E-state index contributed by atoms with van der Waals surface area (Å²) in [4.78, 5) is 4.59. The highest BCUT2D eigenvalue weighted by atomic mass is 32.2. The van der Waals surface area contributed by atoms with Crippen molar-refractivity contribution in [2.75, 3.05) is 6.54 Å². The topological polar surface area (TPSA) is 24.4 Å². The van der Waals surface area contributed by atoms with Crippen molar-refractivity contribution in [1.82, 2.24) is 5.32 Å². The lowest BCUT2D eigenvalue weighted by atomic mass is 9.85. The number of hydrogen-bond donors (Lipinski definition) is 1. The fourth-order valence-corrected chi connectivity index (χ4v) is 3.61. The van der Waals surface area contributed by atoms with Crippen LogP contribution in [0.2, 0.25) is 0 Å². The summed E-state index contributed by atoms with van der Waals surface area (Å²) in [7, 11) is 0. The molecule has 3 heteroatoms. The molecule has 0 spiro atoms. The van der Waals surface area contributed by atoms with Gasteiger partial charge in [0, 0.05) is 11.3 Å². The number of nitrogens with zero attached hydrogens (tertiary/aromatic N) is 1. The van der Waals surface area contributed by atoms with Crippen molar-refractivity contribution in [1.29, 1.82) is 0 Å². The summed E-state index contributed by atoms with van der Waals surface area (Å²) in [5.74, 6) is 0.986. The number of rotatable bonds is 3. The van der Waals surface area contributed by atoms with Crippen LogP contribution < -0.4 is 5.32 Å². The number of thioether (sulfide) groups is 1. The Labute approximate surface area is 104 Å². The zero-order chi connectivity index (χ0) is 11.4. The predicted octanol–water partition coefficient (Wildman–Crippen LogP) is 3.43. The van der Waals surface area contributed by atoms with Crippen LogP contribution in [0, 0.1) is 5.92 Å². The molecule has 1 fully saturated rings. The Morgan fingerprint density at radius 1 is 1.19 bits per heavy atom. The minimum Gasteiger partial charge on any atom is -0.362 e. The third kappa shape index (κ3) is 3.16. The minimum absolute atomic E-state index is 0.699. The molecule has 1 unspecified atom stereocenters. The third-order valence-corrected chi connectivity index (χ3v) is 5.21. The smallest absolute Gasteiger partial charge is 0.157 e. The van der Waals surface area contributed by atoms with Gasteiger partial charge in [0.25, 0.3) is 0 Å². The maximum atomic E-state index is 4.59. The Morgan fingerprint density at radius 3 is 2.50 bits per heavy atom. The van der Waals surface area contributed by atoms with Crippen LogP contribution in [0.5, 0.6) is 0 Å². The Morgan fingerprint density at radius 2 is 1.94 bits per heavy atom. The van der Waals surface area contributed by atoms with E-state index < -0.39 is 0 Å². The molecule has 0 bridgehead atoms. The number of amidine groups is 1. The Balaban J connectivity index is 1.71. The highest BCUT2D eigenvalue weighted by Crippen LogP contribution is 2.28. The van der Waals surface area contributed by atoms with Gasteiger partial charge in [-0.05, 0) is 38.0 Å². The van der Waals surface area contributed by atoms with E-state index in [1.165, 1.54) is 43.7 Å². The van der Waals surface area contributed by atoms with Crippen LogP contribution in [0.15, 0.2) is 4.99 Å². The van der Waals surface area contributed by atoms with Crippen LogP contribution in [-0.2, 0) is 0 Å². The summed E-state index contributed by atoms with van der Waals surface area (Å²) in [5.41, 5.74) is 0. The minimum atomic E-state index is 0.699. The average Bonchev–Trinajstić information content (AvgIpc) is 2.78. The van der Waals surface area contributed by atoms with E-state index in [0.29, 0.717) is 6.04 Å². The van der Waals surface area contributed by atoms with Crippen molar-refractivity contribution >= 4 is 16.9 Å². The highest BCUT2D eigenvalue weighted by Gasteiger charge is 2.23. The Bertz CT molecular complexity index is 244. The van der Waals surface area contributed by atoms with Crippen molar-refractivity contribution in [2.45, 2.75) is 63.7 Å². The molecule has 0 aromatic carbocycles. The molecular weight excluding hydrogens is 216 g/mol. The van der Waals surface area contributed by atoms with Gasteiger partial charge in [-0.1, -0.05) is 32.0 Å². The molecule has 0 aromatic rings. The van der Waals surface area contributed by atoms with Crippen LogP contribution in [0.25, 0.3) is 0 Å². The fraction of sp³-hybridized carbons (Fsp3) is 0.923. The second kappa shape index (κ2) is 5.95. The lowest BCUT2D eigenvalue weighted by Crippen LogP contribution is -2.35. The van der Waals surface area contributed by atoms with Crippen molar-refractivity contribution in [3.05, 3.63) is 0 Å². The van der Waals surface area contributed by atoms with Crippen LogP contribution in [-0.4, -0.2) is 23.0 Å². The van der Waals surface area contributed by atoms with Crippen LogP contribution in [0.3, 0.4) is 0 Å². The van der Waals surface area contributed by atoms with Gasteiger partial charge < -0.3 is 5.32 Å². The second-order valence-corrected chi connectivity index (χ2v) is 6.35. The van der Waals surface area contributed by atoms with E-state index in [1.807, 2.05) is 11.8 Å². The second-order valence-electron chi connectivity index (χ2n) is 5.06. The first-order valence-electron chi connectivity index (χ1n) is 6.79. The molecule has 1 N–H and O–H groups in total. The molecule has 2 rings (SSSR count). The fourth-order valence-electron chi connectivity index (χ4n) is 2.60. The van der Waals surface area contributed by atoms with Gasteiger partial charge in [-0.2, -0.15) is 0 Å². The molecule has 1 aliphatic carbocycles. The van der Waals surface area contributed by atoms with Crippen molar-refractivity contribution in [3.63, 3.8) is 0 Å². The van der Waals surface area contributed by atoms with E-state index >= 15 is 0 Å². The van der Waals surface area contributed by atoms with Crippen molar-refractivity contribution in [3.8, 4) is 0 Å². The van der Waals surface area contributed by atoms with Crippen molar-refractivity contribution in [2.24, 2.45) is 10.9 Å². The molecule has 0 amide bonds. The summed E-state index contributed by atoms with van der Waals surface area (Å²) < 4.78 is 0. The Kier molecular flexibility index (Phi) is 4.56. The zero-order valence-electron chi connectivity index (χ0n) is 10.5. The normalized spacial score (nSPS) is 34.9. The molecule has 1 atom stereocenters. The molecule has 2 aliphatic rings. The summed E-state index contributed by atoms with van der Waals surface area (Å²) in [5, 5.41) is 5.59. The summed E-state index contributed by atoms with van der Waals surface area (Å²) in [6, 6.07) is 0.699. The lowest BCUT2D eigenvalue weighted by Gasteiger charge is -2.28. The first-order valence-corrected chi connectivity index (χ1v) is 7.67. The van der Waals surface area contributed by atoms with E-state index in [-0.39, 0.29) is 0 Å². The maximum Gasteiger partial charge on any atom is 0.157 e. The van der Waals surface area contributed by atoms with E-state index in [1.54, 1.807) is 0 Å². The van der Waals surface area contributed by atoms with Gasteiger partial charge in [0.1, 0.15) is 0 Å². The SMILES string of the molecule is CCC1CCC(NC2=NCC(CC)S2)CC1. The van der Waals surface area contributed by atoms with Crippen LogP contribution >= 0.6 is 11.8 Å². The van der Waals surface area contributed by atoms with Crippen LogP contribution in [0.1, 0.15) is 52.4 Å². The van der Waals surface area contributed by atoms with E-state index in [0.717, 1.165) is 17.7 Å². The van der Waals surface area contributed by atoms with Gasteiger partial charge in [-0.15, -0.1) is 0 Å². The quantitative estimate of drug-likeness (QED) is 0.817. The van der Waals surface area contributed by atoms with Gasteiger partial charge in [-0.3, -0.25) is 4.99 Å². The first kappa shape index (κ1) is 12.3. The first-order chi connectivity index (χ1) is 7.81. The van der Waals surface area contributed by atoms with Gasteiger partial charge in [0.15, 0.2) is 5.17 Å². The number of aliphatic imine (C=N–C) groups is 1. The summed E-state index contributed by atoms with van der Waals surface area (Å²) in [6.45, 7) is 5.59. The predicted molar refractivity (Wildman–Crippen MR) is 73.1 cm³/mol. The summed E-state index contributed by atoms with van der Waals surface area (Å²) in [6.07, 6.45) is 8.10.